The molecule has 0 saturated carbocycles. The van der Waals surface area contributed by atoms with E-state index in [1.165, 1.54) is 0 Å². The number of carbonyl (C=O) groups is 2. The third kappa shape index (κ3) is 1.76. The van der Waals surface area contributed by atoms with E-state index >= 15 is 0 Å². The van der Waals surface area contributed by atoms with Crippen molar-refractivity contribution >= 4 is 12.3 Å². The summed E-state index contributed by atoms with van der Waals surface area (Å²) < 4.78 is 0. The Kier molecular flexibility index (Phi) is 1.87. The van der Waals surface area contributed by atoms with E-state index in [-0.39, 0.29) is 0 Å². The maximum Gasteiger partial charge on any atom is 0.584 e. The normalized spacial score (nSPS) is 18.8. The van der Waals surface area contributed by atoms with Crippen LogP contribution in [-0.4, -0.2) is 12.3 Å². The highest BCUT2D eigenvalue weighted by molar-refractivity contribution is 5.62. The topological polar surface area (TPSA) is 89.5 Å². The van der Waals surface area contributed by atoms with Gasteiger partial charge in [0.1, 0.15) is 0 Å². The fraction of sp³-hybridized carbons (Fsp3) is 0. The van der Waals surface area contributed by atoms with Crippen LogP contribution in [0.4, 0.5) is 9.59 Å². The van der Waals surface area contributed by atoms with Crippen LogP contribution >= 0.6 is 0 Å². The first kappa shape index (κ1) is 6.58. The molecule has 1 saturated heterocycles. The van der Waals surface area contributed by atoms with Crippen molar-refractivity contribution in [1.29, 1.82) is 0 Å². The van der Waals surface area contributed by atoms with Gasteiger partial charge in [-0.25, -0.2) is 9.78 Å². The highest BCUT2D eigenvalue weighted by Crippen LogP contribution is 1.97. The molecule has 1 heterocycles. The van der Waals surface area contributed by atoms with Crippen LogP contribution in [0, 0.1) is 0 Å². The third-order valence-corrected chi connectivity index (χ3v) is 0.410. The Bertz CT molecular complexity index is 131. The van der Waals surface area contributed by atoms with E-state index in [4.69, 9.17) is 0 Å². The van der Waals surface area contributed by atoms with Gasteiger partial charge in [-0.1, -0.05) is 0 Å². The fourth-order valence-corrected chi connectivity index (χ4v) is 0.179. The molecule has 1 rings (SSSR count). The lowest BCUT2D eigenvalue weighted by atomic mass is 11.4. The molecule has 56 valence electrons. The molecule has 8 heteroatoms. The molecule has 1 aliphatic rings. The van der Waals surface area contributed by atoms with Crippen molar-refractivity contribution in [2.45, 2.75) is 0 Å². The molecule has 0 amide bonds. The second kappa shape index (κ2) is 2.85. The minimum atomic E-state index is -1.39. The molecular weight excluding hydrogens is 152 g/mol. The Morgan fingerprint density at radius 3 is 1.50 bits per heavy atom. The average Bonchev–Trinajstić information content (AvgIpc) is 1.90. The molecule has 8 nitrogen and oxygen atoms in total. The van der Waals surface area contributed by atoms with Crippen molar-refractivity contribution in [2.75, 3.05) is 0 Å². The fourth-order valence-electron chi connectivity index (χ4n) is 0.179. The van der Waals surface area contributed by atoms with Crippen molar-refractivity contribution < 1.29 is 39.2 Å². The summed E-state index contributed by atoms with van der Waals surface area (Å²) in [6.07, 6.45) is -2.78. The van der Waals surface area contributed by atoms with Gasteiger partial charge in [-0.15, -0.1) is 0 Å². The van der Waals surface area contributed by atoms with E-state index in [2.05, 4.69) is 29.6 Å². The van der Waals surface area contributed by atoms with Gasteiger partial charge in [0.2, 0.25) is 0 Å². The lowest BCUT2D eigenvalue weighted by Crippen LogP contribution is -2.18. The van der Waals surface area contributed by atoms with Crippen LogP contribution in [0.25, 0.3) is 0 Å². The molecule has 10 heavy (non-hydrogen) atoms. The Morgan fingerprint density at radius 2 is 1.10 bits per heavy atom. The van der Waals surface area contributed by atoms with Crippen LogP contribution in [0.15, 0.2) is 0 Å². The largest absolute Gasteiger partial charge is 0.584 e. The van der Waals surface area contributed by atoms with Gasteiger partial charge in [0, 0.05) is 10.1 Å². The Labute approximate surface area is 52.8 Å². The monoisotopic (exact) mass is 152 g/mol. The lowest BCUT2D eigenvalue weighted by Gasteiger charge is -2.03. The van der Waals surface area contributed by atoms with E-state index in [1.807, 2.05) is 0 Å². The summed E-state index contributed by atoms with van der Waals surface area (Å²) in [5, 5.41) is 6.92. The molecule has 1 aliphatic heterocycles. The van der Waals surface area contributed by atoms with E-state index < -0.39 is 12.3 Å². The zero-order valence-electron chi connectivity index (χ0n) is 4.27. The summed E-state index contributed by atoms with van der Waals surface area (Å²) in [6.45, 7) is 0. The van der Waals surface area contributed by atoms with E-state index in [0.717, 1.165) is 0 Å². The highest BCUT2D eigenvalue weighted by Gasteiger charge is 2.18. The maximum absolute atomic E-state index is 10.00. The van der Waals surface area contributed by atoms with E-state index in [1.54, 1.807) is 0 Å². The average molecular weight is 152 g/mol. The summed E-state index contributed by atoms with van der Waals surface area (Å²) in [7, 11) is 0. The molecule has 0 bridgehead atoms. The van der Waals surface area contributed by atoms with Crippen molar-refractivity contribution in [3.05, 3.63) is 0 Å². The van der Waals surface area contributed by atoms with Gasteiger partial charge >= 0.3 is 12.3 Å². The van der Waals surface area contributed by atoms with Crippen LogP contribution < -0.4 is 0 Å². The maximum atomic E-state index is 10.00. The van der Waals surface area contributed by atoms with Crippen LogP contribution in [0.2, 0.25) is 0 Å². The molecule has 0 atom stereocenters. The Hall–Kier alpha value is -1.54. The molecule has 0 spiro atoms. The summed E-state index contributed by atoms with van der Waals surface area (Å²) in [4.78, 5) is 34.2. The smallest absolute Gasteiger partial charge is 0.223 e. The highest BCUT2D eigenvalue weighted by atomic mass is 17.7. The molecule has 0 radical (unpaired) electrons. The van der Waals surface area contributed by atoms with E-state index in [0.29, 0.717) is 0 Å². The number of hydrogen-bond donors (Lipinski definition) is 0. The first-order valence-corrected chi connectivity index (χ1v) is 1.89. The predicted octanol–water partition coefficient (Wildman–Crippen LogP) is -0.000400. The summed E-state index contributed by atoms with van der Waals surface area (Å²) in [5.41, 5.74) is 0. The lowest BCUT2D eigenvalue weighted by molar-refractivity contribution is -0.614. The van der Waals surface area contributed by atoms with Gasteiger partial charge in [0.25, 0.3) is 0 Å². The Morgan fingerprint density at radius 1 is 0.700 bits per heavy atom. The SMILES string of the molecule is O=C1OOOOC(=O)OO1. The summed E-state index contributed by atoms with van der Waals surface area (Å²) in [6, 6.07) is 0. The van der Waals surface area contributed by atoms with Gasteiger partial charge in [0.15, 0.2) is 0 Å². The number of hydrogen-bond acceptors (Lipinski definition) is 8. The van der Waals surface area contributed by atoms with Crippen molar-refractivity contribution in [2.24, 2.45) is 0 Å². The molecule has 1 fully saturated rings. The minimum absolute atomic E-state index is 1.39. The van der Waals surface area contributed by atoms with Crippen LogP contribution in [0.1, 0.15) is 0 Å². The van der Waals surface area contributed by atoms with E-state index in [9.17, 15) is 9.59 Å². The van der Waals surface area contributed by atoms with Crippen LogP contribution in [0.5, 0.6) is 0 Å². The molecule has 0 aromatic rings. The first-order valence-electron chi connectivity index (χ1n) is 1.89. The summed E-state index contributed by atoms with van der Waals surface area (Å²) >= 11 is 0. The number of rotatable bonds is 0. The Balaban J connectivity index is 2.36. The van der Waals surface area contributed by atoms with Gasteiger partial charge < -0.3 is 0 Å². The number of carbonyl (C=O) groups excluding carboxylic acids is 2. The molecule has 0 unspecified atom stereocenters. The van der Waals surface area contributed by atoms with Gasteiger partial charge in [-0.3, -0.25) is 0 Å². The van der Waals surface area contributed by atoms with Crippen molar-refractivity contribution in [1.82, 2.24) is 0 Å². The van der Waals surface area contributed by atoms with Gasteiger partial charge in [-0.2, -0.15) is 19.4 Å². The zero-order valence-corrected chi connectivity index (χ0v) is 4.27. The molecule has 0 aliphatic carbocycles. The second-order valence-electron chi connectivity index (χ2n) is 0.969. The molecule has 0 aromatic carbocycles. The predicted molar refractivity (Wildman–Crippen MR) is 17.3 cm³/mol. The molecular formula is C2O8. The van der Waals surface area contributed by atoms with Crippen molar-refractivity contribution in [3.63, 3.8) is 0 Å². The van der Waals surface area contributed by atoms with Crippen LogP contribution in [0.3, 0.4) is 0 Å². The van der Waals surface area contributed by atoms with Crippen molar-refractivity contribution in [3.8, 4) is 0 Å². The molecule has 0 aromatic heterocycles. The molecule has 0 N–H and O–H groups in total. The minimum Gasteiger partial charge on any atom is -0.223 e. The van der Waals surface area contributed by atoms with Gasteiger partial charge in [0.05, 0.1) is 0 Å². The second-order valence-corrected chi connectivity index (χ2v) is 0.969. The summed E-state index contributed by atoms with van der Waals surface area (Å²) in [5.74, 6) is 0. The standard InChI is InChI=1S/C2O8/c3-1-5-6-2(4)8-10-9-7-1. The quantitative estimate of drug-likeness (QED) is 0.448. The first-order chi connectivity index (χ1) is 4.79. The third-order valence-electron chi connectivity index (χ3n) is 0.410. The van der Waals surface area contributed by atoms with Crippen LogP contribution in [-0.2, 0) is 29.6 Å². The van der Waals surface area contributed by atoms with Gasteiger partial charge in [-0.05, 0) is 0 Å². The zero-order chi connectivity index (χ0) is 7.40.